The molecule has 1 aliphatic heterocycles. The van der Waals surface area contributed by atoms with Gasteiger partial charge in [0.2, 0.25) is 0 Å². The topological polar surface area (TPSA) is 21.6 Å². The maximum absolute atomic E-state index is 5.14. The Balaban J connectivity index is 2.46. The summed E-state index contributed by atoms with van der Waals surface area (Å²) < 4.78 is 5.14. The molecule has 56 valence electrons. The van der Waals surface area contributed by atoms with E-state index in [9.17, 15) is 0 Å². The van der Waals surface area contributed by atoms with Crippen LogP contribution in [0.3, 0.4) is 0 Å². The fourth-order valence-electron chi connectivity index (χ4n) is 1.27. The molecule has 0 aliphatic carbocycles. The molecule has 2 rings (SSSR count). The quantitative estimate of drug-likeness (QED) is 0.593. The highest BCUT2D eigenvalue weighted by Gasteiger charge is 2.15. The Morgan fingerprint density at radius 1 is 1.36 bits per heavy atom. The van der Waals surface area contributed by atoms with E-state index in [1.807, 2.05) is 30.5 Å². The third kappa shape index (κ3) is 0.955. The second kappa shape index (κ2) is 2.47. The fourth-order valence-corrected chi connectivity index (χ4v) is 1.27. The van der Waals surface area contributed by atoms with Gasteiger partial charge >= 0.3 is 0 Å². The van der Waals surface area contributed by atoms with Gasteiger partial charge in [-0.05, 0) is 0 Å². The molecule has 0 N–H and O–H groups in total. The van der Waals surface area contributed by atoms with Crippen molar-refractivity contribution in [2.45, 2.75) is 6.23 Å². The average molecular weight is 147 g/mol. The molecule has 11 heavy (non-hydrogen) atoms. The maximum Gasteiger partial charge on any atom is 0.174 e. The van der Waals surface area contributed by atoms with Crippen LogP contribution in [0.5, 0.6) is 0 Å². The summed E-state index contributed by atoms with van der Waals surface area (Å²) in [5, 5.41) is 0. The summed E-state index contributed by atoms with van der Waals surface area (Å²) in [4.78, 5) is 4.17. The average Bonchev–Trinajstić information content (AvgIpc) is 2.47. The Bertz CT molecular complexity index is 293. The minimum atomic E-state index is -0.0776. The first-order valence-corrected chi connectivity index (χ1v) is 3.57. The van der Waals surface area contributed by atoms with Gasteiger partial charge in [0.15, 0.2) is 6.23 Å². The predicted molar refractivity (Wildman–Crippen MR) is 43.8 cm³/mol. The van der Waals surface area contributed by atoms with Crippen molar-refractivity contribution in [3.8, 4) is 0 Å². The van der Waals surface area contributed by atoms with Gasteiger partial charge in [-0.3, -0.25) is 4.99 Å². The van der Waals surface area contributed by atoms with Crippen molar-refractivity contribution in [2.75, 3.05) is 7.11 Å². The van der Waals surface area contributed by atoms with Gasteiger partial charge in [0.05, 0.1) is 0 Å². The van der Waals surface area contributed by atoms with Gasteiger partial charge in [-0.2, -0.15) is 0 Å². The number of benzene rings is 1. The van der Waals surface area contributed by atoms with Crippen LogP contribution in [-0.2, 0) is 4.74 Å². The number of fused-ring (bicyclic) bond motifs is 1. The number of rotatable bonds is 1. The minimum absolute atomic E-state index is 0.0776. The summed E-state index contributed by atoms with van der Waals surface area (Å²) in [5.41, 5.74) is 2.33. The monoisotopic (exact) mass is 147 g/mol. The molecule has 0 saturated carbocycles. The van der Waals surface area contributed by atoms with E-state index in [1.54, 1.807) is 7.11 Å². The molecule has 0 aromatic heterocycles. The molecule has 1 aromatic carbocycles. The Hall–Kier alpha value is -1.15. The number of aliphatic imine (C=N–C) groups is 1. The van der Waals surface area contributed by atoms with Crippen molar-refractivity contribution in [1.29, 1.82) is 0 Å². The van der Waals surface area contributed by atoms with Crippen LogP contribution >= 0.6 is 0 Å². The van der Waals surface area contributed by atoms with Crippen LogP contribution in [0.1, 0.15) is 17.4 Å². The van der Waals surface area contributed by atoms with Gasteiger partial charge in [0, 0.05) is 24.5 Å². The van der Waals surface area contributed by atoms with Crippen molar-refractivity contribution in [2.24, 2.45) is 4.99 Å². The van der Waals surface area contributed by atoms with Gasteiger partial charge in [-0.25, -0.2) is 0 Å². The highest BCUT2D eigenvalue weighted by molar-refractivity contribution is 5.84. The number of ether oxygens (including phenoxy) is 1. The van der Waals surface area contributed by atoms with Gasteiger partial charge in [0.25, 0.3) is 0 Å². The predicted octanol–water partition coefficient (Wildman–Crippen LogP) is 1.76. The number of methoxy groups -OCH3 is 1. The largest absolute Gasteiger partial charge is 0.355 e. The van der Waals surface area contributed by atoms with Crippen LogP contribution in [-0.4, -0.2) is 13.3 Å². The fraction of sp³-hybridized carbons (Fsp3) is 0.222. The molecule has 0 fully saturated rings. The van der Waals surface area contributed by atoms with Crippen LogP contribution in [0.4, 0.5) is 0 Å². The first-order chi connectivity index (χ1) is 5.42. The molecule has 1 aliphatic rings. The first kappa shape index (κ1) is 6.55. The molecular weight excluding hydrogens is 138 g/mol. The standard InChI is InChI=1S/C9H9NO/c1-11-9-8-5-3-2-4-7(8)6-10-9/h2-6,9H,1H3. The Morgan fingerprint density at radius 3 is 3.00 bits per heavy atom. The van der Waals surface area contributed by atoms with Gasteiger partial charge < -0.3 is 4.74 Å². The molecule has 1 unspecified atom stereocenters. The minimum Gasteiger partial charge on any atom is -0.355 e. The molecule has 0 spiro atoms. The second-order valence-electron chi connectivity index (χ2n) is 2.50. The van der Waals surface area contributed by atoms with Gasteiger partial charge in [0.1, 0.15) is 0 Å². The van der Waals surface area contributed by atoms with Gasteiger partial charge in [-0.1, -0.05) is 24.3 Å². The van der Waals surface area contributed by atoms with E-state index < -0.39 is 0 Å². The molecule has 1 heterocycles. The summed E-state index contributed by atoms with van der Waals surface area (Å²) >= 11 is 0. The summed E-state index contributed by atoms with van der Waals surface area (Å²) in [6, 6.07) is 8.08. The van der Waals surface area contributed by atoms with E-state index in [0.717, 1.165) is 5.56 Å². The Labute approximate surface area is 65.5 Å². The lowest BCUT2D eigenvalue weighted by Gasteiger charge is -2.05. The molecule has 1 aromatic rings. The molecule has 2 heteroatoms. The van der Waals surface area contributed by atoms with Crippen molar-refractivity contribution >= 4 is 6.21 Å². The van der Waals surface area contributed by atoms with E-state index in [-0.39, 0.29) is 6.23 Å². The SMILES string of the molecule is COC1N=Cc2ccccc21. The first-order valence-electron chi connectivity index (χ1n) is 3.57. The highest BCUT2D eigenvalue weighted by Crippen LogP contribution is 2.25. The zero-order valence-corrected chi connectivity index (χ0v) is 6.32. The normalized spacial score (nSPS) is 20.3. The lowest BCUT2D eigenvalue weighted by Crippen LogP contribution is -1.93. The third-order valence-electron chi connectivity index (χ3n) is 1.83. The van der Waals surface area contributed by atoms with Crippen LogP contribution in [0.25, 0.3) is 0 Å². The second-order valence-corrected chi connectivity index (χ2v) is 2.50. The Kier molecular flexibility index (Phi) is 1.47. The zero-order valence-electron chi connectivity index (χ0n) is 6.32. The molecule has 2 nitrogen and oxygen atoms in total. The smallest absolute Gasteiger partial charge is 0.174 e. The van der Waals surface area contributed by atoms with E-state index in [4.69, 9.17) is 4.74 Å². The van der Waals surface area contributed by atoms with Crippen LogP contribution in [0.2, 0.25) is 0 Å². The number of hydrogen-bond acceptors (Lipinski definition) is 2. The number of nitrogens with zero attached hydrogens (tertiary/aromatic N) is 1. The molecule has 0 amide bonds. The molecule has 1 atom stereocenters. The summed E-state index contributed by atoms with van der Waals surface area (Å²) in [5.74, 6) is 0. The van der Waals surface area contributed by atoms with E-state index in [1.165, 1.54) is 5.56 Å². The summed E-state index contributed by atoms with van der Waals surface area (Å²) in [7, 11) is 1.67. The lowest BCUT2D eigenvalue weighted by molar-refractivity contribution is 0.114. The van der Waals surface area contributed by atoms with Crippen molar-refractivity contribution in [3.63, 3.8) is 0 Å². The van der Waals surface area contributed by atoms with Crippen molar-refractivity contribution in [1.82, 2.24) is 0 Å². The van der Waals surface area contributed by atoms with E-state index >= 15 is 0 Å². The van der Waals surface area contributed by atoms with Crippen molar-refractivity contribution in [3.05, 3.63) is 35.4 Å². The molecule has 0 saturated heterocycles. The van der Waals surface area contributed by atoms with Crippen LogP contribution in [0.15, 0.2) is 29.3 Å². The summed E-state index contributed by atoms with van der Waals surface area (Å²) in [6.07, 6.45) is 1.77. The van der Waals surface area contributed by atoms with Crippen molar-refractivity contribution < 1.29 is 4.74 Å². The number of hydrogen-bond donors (Lipinski definition) is 0. The van der Waals surface area contributed by atoms with E-state index in [0.29, 0.717) is 0 Å². The van der Waals surface area contributed by atoms with E-state index in [2.05, 4.69) is 4.99 Å². The van der Waals surface area contributed by atoms with Gasteiger partial charge in [-0.15, -0.1) is 0 Å². The molecular formula is C9H9NO. The zero-order chi connectivity index (χ0) is 7.68. The molecule has 0 radical (unpaired) electrons. The van der Waals surface area contributed by atoms with Crippen LogP contribution < -0.4 is 0 Å². The Morgan fingerprint density at radius 2 is 2.18 bits per heavy atom. The third-order valence-corrected chi connectivity index (χ3v) is 1.83. The van der Waals surface area contributed by atoms with Crippen LogP contribution in [0, 0.1) is 0 Å². The highest BCUT2D eigenvalue weighted by atomic mass is 16.5. The molecule has 0 bridgehead atoms. The lowest BCUT2D eigenvalue weighted by atomic mass is 10.1. The maximum atomic E-state index is 5.14. The summed E-state index contributed by atoms with van der Waals surface area (Å²) in [6.45, 7) is 0.